The summed E-state index contributed by atoms with van der Waals surface area (Å²) in [5, 5.41) is 3.23. The number of esters is 1. The van der Waals surface area contributed by atoms with E-state index >= 15 is 0 Å². The Bertz CT molecular complexity index is 376. The van der Waals surface area contributed by atoms with Crippen LogP contribution in [0.5, 0.6) is 0 Å². The Labute approximate surface area is 118 Å². The van der Waals surface area contributed by atoms with Gasteiger partial charge in [0.05, 0.1) is 18.2 Å². The zero-order valence-electron chi connectivity index (χ0n) is 9.80. The Morgan fingerprint density at radius 3 is 2.53 bits per heavy atom. The Kier molecular flexibility index (Phi) is 5.98. The number of hydrogen-bond acceptors (Lipinski definition) is 3. The highest BCUT2D eigenvalue weighted by atomic mass is 79.9. The van der Waals surface area contributed by atoms with E-state index in [1.165, 1.54) is 0 Å². The van der Waals surface area contributed by atoms with Gasteiger partial charge in [-0.05, 0) is 50.9 Å². The number of para-hydroxylation sites is 1. The van der Waals surface area contributed by atoms with Crippen molar-refractivity contribution in [3.05, 3.63) is 27.1 Å². The molecule has 0 saturated carbocycles. The number of ether oxygens (including phenoxy) is 1. The van der Waals surface area contributed by atoms with Crippen molar-refractivity contribution in [1.82, 2.24) is 0 Å². The lowest BCUT2D eigenvalue weighted by molar-refractivity contribution is -0.146. The van der Waals surface area contributed by atoms with Crippen LogP contribution in [-0.4, -0.2) is 19.1 Å². The van der Waals surface area contributed by atoms with Crippen LogP contribution in [0.25, 0.3) is 0 Å². The molecule has 17 heavy (non-hydrogen) atoms. The molecule has 0 spiro atoms. The summed E-state index contributed by atoms with van der Waals surface area (Å²) in [6.07, 6.45) is 0. The van der Waals surface area contributed by atoms with E-state index in [0.29, 0.717) is 13.2 Å². The Morgan fingerprint density at radius 2 is 2.00 bits per heavy atom. The molecular formula is C12H15Br2NO2. The normalized spacial score (nSPS) is 12.0. The molecule has 0 aliphatic carbocycles. The minimum Gasteiger partial charge on any atom is -0.466 e. The van der Waals surface area contributed by atoms with Crippen LogP contribution in [0.15, 0.2) is 27.1 Å². The Hall–Kier alpha value is -0.550. The molecule has 0 saturated heterocycles. The summed E-state index contributed by atoms with van der Waals surface area (Å²) in [6, 6.07) is 5.83. The summed E-state index contributed by atoms with van der Waals surface area (Å²) < 4.78 is 6.87. The van der Waals surface area contributed by atoms with Crippen molar-refractivity contribution in [3.63, 3.8) is 0 Å². The van der Waals surface area contributed by atoms with Crippen molar-refractivity contribution in [3.8, 4) is 0 Å². The molecule has 0 bridgehead atoms. The number of hydrogen-bond donors (Lipinski definition) is 1. The lowest BCUT2D eigenvalue weighted by Gasteiger charge is -2.14. The van der Waals surface area contributed by atoms with Crippen molar-refractivity contribution in [1.29, 1.82) is 0 Å². The number of anilines is 1. The third-order valence-electron chi connectivity index (χ3n) is 2.24. The summed E-state index contributed by atoms with van der Waals surface area (Å²) in [5.41, 5.74) is 0.948. The molecule has 3 nitrogen and oxygen atoms in total. The van der Waals surface area contributed by atoms with Gasteiger partial charge in [0.25, 0.3) is 0 Å². The molecule has 0 aliphatic heterocycles. The van der Waals surface area contributed by atoms with Gasteiger partial charge in [-0.25, -0.2) is 0 Å². The van der Waals surface area contributed by atoms with Crippen molar-refractivity contribution in [2.24, 2.45) is 5.92 Å². The number of rotatable bonds is 5. The van der Waals surface area contributed by atoms with Crippen LogP contribution in [0.3, 0.4) is 0 Å². The van der Waals surface area contributed by atoms with Crippen molar-refractivity contribution in [2.45, 2.75) is 13.8 Å². The molecule has 5 heteroatoms. The van der Waals surface area contributed by atoms with E-state index in [4.69, 9.17) is 4.74 Å². The first-order valence-corrected chi connectivity index (χ1v) is 6.99. The van der Waals surface area contributed by atoms with Crippen LogP contribution < -0.4 is 5.32 Å². The number of benzene rings is 1. The zero-order valence-corrected chi connectivity index (χ0v) is 13.0. The second kappa shape index (κ2) is 7.01. The van der Waals surface area contributed by atoms with Crippen molar-refractivity contribution < 1.29 is 9.53 Å². The van der Waals surface area contributed by atoms with Gasteiger partial charge in [0, 0.05) is 15.5 Å². The number of carbonyl (C=O) groups is 1. The monoisotopic (exact) mass is 363 g/mol. The van der Waals surface area contributed by atoms with E-state index in [-0.39, 0.29) is 11.9 Å². The fraction of sp³-hybridized carbons (Fsp3) is 0.417. The maximum Gasteiger partial charge on any atom is 0.310 e. The average Bonchev–Trinajstić information content (AvgIpc) is 2.28. The van der Waals surface area contributed by atoms with Crippen LogP contribution in [0.4, 0.5) is 5.69 Å². The molecule has 1 aromatic rings. The zero-order chi connectivity index (χ0) is 12.8. The van der Waals surface area contributed by atoms with E-state index < -0.39 is 0 Å². The third-order valence-corrected chi connectivity index (χ3v) is 3.56. The van der Waals surface area contributed by atoms with Gasteiger partial charge in [-0.15, -0.1) is 0 Å². The van der Waals surface area contributed by atoms with Gasteiger partial charge < -0.3 is 10.1 Å². The van der Waals surface area contributed by atoms with Gasteiger partial charge >= 0.3 is 5.97 Å². The average molecular weight is 365 g/mol. The van der Waals surface area contributed by atoms with Gasteiger partial charge in [0.15, 0.2) is 0 Å². The molecule has 0 radical (unpaired) electrons. The quantitative estimate of drug-likeness (QED) is 0.807. The predicted octanol–water partition coefficient (Wildman–Crippen LogP) is 3.82. The molecule has 0 aliphatic rings. The Morgan fingerprint density at radius 1 is 1.41 bits per heavy atom. The topological polar surface area (TPSA) is 38.3 Å². The van der Waals surface area contributed by atoms with Crippen LogP contribution >= 0.6 is 31.9 Å². The summed E-state index contributed by atoms with van der Waals surface area (Å²) >= 11 is 6.91. The maximum atomic E-state index is 11.4. The van der Waals surface area contributed by atoms with Crippen molar-refractivity contribution >= 4 is 43.5 Å². The van der Waals surface area contributed by atoms with Gasteiger partial charge in [-0.1, -0.05) is 13.0 Å². The molecule has 1 aromatic carbocycles. The summed E-state index contributed by atoms with van der Waals surface area (Å²) in [4.78, 5) is 11.4. The minimum atomic E-state index is -0.178. The van der Waals surface area contributed by atoms with E-state index in [9.17, 15) is 4.79 Å². The minimum absolute atomic E-state index is 0.172. The molecule has 0 amide bonds. The molecule has 1 atom stereocenters. The molecule has 0 heterocycles. The lowest BCUT2D eigenvalue weighted by Crippen LogP contribution is -2.22. The van der Waals surface area contributed by atoms with Crippen LogP contribution in [-0.2, 0) is 9.53 Å². The van der Waals surface area contributed by atoms with Crippen molar-refractivity contribution in [2.75, 3.05) is 18.5 Å². The molecule has 1 unspecified atom stereocenters. The lowest BCUT2D eigenvalue weighted by atomic mass is 10.2. The fourth-order valence-electron chi connectivity index (χ4n) is 1.29. The van der Waals surface area contributed by atoms with Crippen LogP contribution in [0.2, 0.25) is 0 Å². The second-order valence-electron chi connectivity index (χ2n) is 3.63. The number of carbonyl (C=O) groups excluding carboxylic acids is 1. The summed E-state index contributed by atoms with van der Waals surface area (Å²) in [6.45, 7) is 4.61. The highest BCUT2D eigenvalue weighted by Crippen LogP contribution is 2.30. The summed E-state index contributed by atoms with van der Waals surface area (Å²) in [7, 11) is 0. The fourth-order valence-corrected chi connectivity index (χ4v) is 2.57. The smallest absolute Gasteiger partial charge is 0.310 e. The Balaban J connectivity index is 2.58. The van der Waals surface area contributed by atoms with Crippen LogP contribution in [0, 0.1) is 5.92 Å². The first-order valence-electron chi connectivity index (χ1n) is 5.40. The SMILES string of the molecule is CCOC(=O)C(C)CNc1c(Br)cccc1Br. The molecular weight excluding hydrogens is 350 g/mol. The van der Waals surface area contributed by atoms with Gasteiger partial charge in [-0.2, -0.15) is 0 Å². The van der Waals surface area contributed by atoms with E-state index in [0.717, 1.165) is 14.6 Å². The van der Waals surface area contributed by atoms with Gasteiger partial charge in [-0.3, -0.25) is 4.79 Å². The summed E-state index contributed by atoms with van der Waals surface area (Å²) in [5.74, 6) is -0.350. The number of halogens is 2. The highest BCUT2D eigenvalue weighted by Gasteiger charge is 2.14. The predicted molar refractivity (Wildman–Crippen MR) is 76.1 cm³/mol. The first kappa shape index (κ1) is 14.5. The van der Waals surface area contributed by atoms with Crippen LogP contribution in [0.1, 0.15) is 13.8 Å². The molecule has 1 N–H and O–H groups in total. The molecule has 0 fully saturated rings. The third kappa shape index (κ3) is 4.32. The second-order valence-corrected chi connectivity index (χ2v) is 5.34. The van der Waals surface area contributed by atoms with E-state index in [2.05, 4.69) is 37.2 Å². The largest absolute Gasteiger partial charge is 0.466 e. The molecule has 94 valence electrons. The van der Waals surface area contributed by atoms with Gasteiger partial charge in [0.1, 0.15) is 0 Å². The first-order chi connectivity index (χ1) is 8.06. The molecule has 1 rings (SSSR count). The van der Waals surface area contributed by atoms with E-state index in [1.807, 2.05) is 32.0 Å². The standard InChI is InChI=1S/C12H15Br2NO2/c1-3-17-12(16)8(2)7-15-11-9(13)5-4-6-10(11)14/h4-6,8,15H,3,7H2,1-2H3. The molecule has 0 aromatic heterocycles. The van der Waals surface area contributed by atoms with E-state index in [1.54, 1.807) is 0 Å². The number of nitrogens with one attached hydrogen (secondary N) is 1. The maximum absolute atomic E-state index is 11.4. The highest BCUT2D eigenvalue weighted by molar-refractivity contribution is 9.11. The van der Waals surface area contributed by atoms with Gasteiger partial charge in [0.2, 0.25) is 0 Å².